The smallest absolute Gasteiger partial charge is 0.0384 e. The number of aryl methyl sites for hydroxylation is 1. The van der Waals surface area contributed by atoms with Crippen molar-refractivity contribution < 1.29 is 0 Å². The van der Waals surface area contributed by atoms with Gasteiger partial charge >= 0.3 is 0 Å². The molecule has 0 saturated carbocycles. The Bertz CT molecular complexity index is 655. The topological polar surface area (TPSA) is 52.0 Å². The molecule has 124 valence electrons. The van der Waals surface area contributed by atoms with Crippen molar-refractivity contribution in [3.8, 4) is 0 Å². The Hall–Kier alpha value is -1.96. The van der Waals surface area contributed by atoms with Gasteiger partial charge in [-0.3, -0.25) is 0 Å². The predicted octanol–water partition coefficient (Wildman–Crippen LogP) is 5.25. The lowest BCUT2D eigenvalue weighted by molar-refractivity contribution is 0.834. The summed E-state index contributed by atoms with van der Waals surface area (Å²) in [7, 11) is 0. The second-order valence-corrected chi connectivity index (χ2v) is 7.06. The van der Waals surface area contributed by atoms with Crippen molar-refractivity contribution in [1.29, 1.82) is 0 Å². The first kappa shape index (κ1) is 17.4. The molecule has 0 aliphatic heterocycles. The van der Waals surface area contributed by atoms with Crippen LogP contribution in [0.15, 0.2) is 30.3 Å². The lowest BCUT2D eigenvalue weighted by atomic mass is 9.88. The van der Waals surface area contributed by atoms with Crippen molar-refractivity contribution in [2.75, 3.05) is 11.5 Å². The van der Waals surface area contributed by atoms with E-state index in [1.165, 1.54) is 27.8 Å². The minimum atomic E-state index is 0.435. The van der Waals surface area contributed by atoms with Crippen molar-refractivity contribution in [2.45, 2.75) is 59.3 Å². The number of nitrogens with two attached hydrogens (primary N) is 2. The van der Waals surface area contributed by atoms with Crippen molar-refractivity contribution >= 4 is 11.4 Å². The van der Waals surface area contributed by atoms with Crippen molar-refractivity contribution in [2.24, 2.45) is 0 Å². The molecule has 0 atom stereocenters. The van der Waals surface area contributed by atoms with E-state index in [4.69, 9.17) is 11.5 Å². The summed E-state index contributed by atoms with van der Waals surface area (Å²) in [6.45, 7) is 11.0. The third-order valence-corrected chi connectivity index (χ3v) is 4.54. The van der Waals surface area contributed by atoms with Crippen LogP contribution in [-0.4, -0.2) is 0 Å². The lowest BCUT2D eigenvalue weighted by Crippen LogP contribution is -2.05. The van der Waals surface area contributed by atoms with Crippen molar-refractivity contribution in [3.63, 3.8) is 0 Å². The Morgan fingerprint density at radius 1 is 0.826 bits per heavy atom. The molecule has 0 saturated heterocycles. The molecule has 0 amide bonds. The second-order valence-electron chi connectivity index (χ2n) is 7.06. The SMILES string of the molecule is CCc1cc(Cc2cc(C(C)C)c(N)c(C(C)C)c2)ccc1N. The molecular formula is C21H30N2. The summed E-state index contributed by atoms with van der Waals surface area (Å²) >= 11 is 0. The first-order chi connectivity index (χ1) is 10.8. The average Bonchev–Trinajstić information content (AvgIpc) is 2.50. The summed E-state index contributed by atoms with van der Waals surface area (Å²) in [5.74, 6) is 0.871. The van der Waals surface area contributed by atoms with Gasteiger partial charge in [0.05, 0.1) is 0 Å². The molecule has 4 N–H and O–H groups in total. The van der Waals surface area contributed by atoms with E-state index >= 15 is 0 Å². The van der Waals surface area contributed by atoms with Gasteiger partial charge in [0.1, 0.15) is 0 Å². The Morgan fingerprint density at radius 2 is 1.39 bits per heavy atom. The number of hydrogen-bond donors (Lipinski definition) is 2. The van der Waals surface area contributed by atoms with Gasteiger partial charge in [-0.05, 0) is 58.6 Å². The van der Waals surface area contributed by atoms with Crippen LogP contribution in [0.25, 0.3) is 0 Å². The number of benzene rings is 2. The zero-order chi connectivity index (χ0) is 17.1. The first-order valence-electron chi connectivity index (χ1n) is 8.62. The van der Waals surface area contributed by atoms with E-state index in [0.29, 0.717) is 11.8 Å². The fraction of sp³-hybridized carbons (Fsp3) is 0.429. The van der Waals surface area contributed by atoms with Crippen LogP contribution in [0.2, 0.25) is 0 Å². The van der Waals surface area contributed by atoms with Crippen molar-refractivity contribution in [1.82, 2.24) is 0 Å². The van der Waals surface area contributed by atoms with Gasteiger partial charge in [-0.2, -0.15) is 0 Å². The molecule has 0 aliphatic rings. The third-order valence-electron chi connectivity index (χ3n) is 4.54. The molecule has 0 unspecified atom stereocenters. The van der Waals surface area contributed by atoms with E-state index in [-0.39, 0.29) is 0 Å². The molecule has 0 aliphatic carbocycles. The summed E-state index contributed by atoms with van der Waals surface area (Å²) in [5.41, 5.74) is 20.7. The second kappa shape index (κ2) is 7.08. The highest BCUT2D eigenvalue weighted by atomic mass is 14.6. The molecule has 2 aromatic carbocycles. The van der Waals surface area contributed by atoms with E-state index in [9.17, 15) is 0 Å². The molecule has 2 nitrogen and oxygen atoms in total. The van der Waals surface area contributed by atoms with Crippen molar-refractivity contribution in [3.05, 3.63) is 58.1 Å². The molecule has 0 bridgehead atoms. The van der Waals surface area contributed by atoms with E-state index in [0.717, 1.165) is 24.2 Å². The van der Waals surface area contributed by atoms with Gasteiger partial charge in [0.2, 0.25) is 0 Å². The summed E-state index contributed by atoms with van der Waals surface area (Å²) in [6, 6.07) is 10.9. The van der Waals surface area contributed by atoms with Crippen LogP contribution in [-0.2, 0) is 12.8 Å². The van der Waals surface area contributed by atoms with Crippen LogP contribution in [0.5, 0.6) is 0 Å². The number of nitrogen functional groups attached to an aromatic ring is 2. The Kier molecular flexibility index (Phi) is 5.35. The van der Waals surface area contributed by atoms with E-state index < -0.39 is 0 Å². The number of hydrogen-bond acceptors (Lipinski definition) is 2. The van der Waals surface area contributed by atoms with Gasteiger partial charge in [0, 0.05) is 11.4 Å². The molecule has 2 rings (SSSR count). The maximum atomic E-state index is 6.40. The van der Waals surface area contributed by atoms with Crippen LogP contribution in [0.4, 0.5) is 11.4 Å². The Morgan fingerprint density at radius 3 is 1.87 bits per heavy atom. The van der Waals surface area contributed by atoms with Gasteiger partial charge < -0.3 is 11.5 Å². The van der Waals surface area contributed by atoms with Crippen LogP contribution in [0.3, 0.4) is 0 Å². The summed E-state index contributed by atoms with van der Waals surface area (Å²) in [6.07, 6.45) is 1.89. The van der Waals surface area contributed by atoms with Gasteiger partial charge in [-0.1, -0.05) is 58.9 Å². The van der Waals surface area contributed by atoms with Crippen LogP contribution in [0.1, 0.15) is 74.3 Å². The van der Waals surface area contributed by atoms with Gasteiger partial charge in [0.25, 0.3) is 0 Å². The maximum Gasteiger partial charge on any atom is 0.0384 e. The molecule has 0 spiro atoms. The highest BCUT2D eigenvalue weighted by Gasteiger charge is 2.14. The molecule has 2 aromatic rings. The molecular weight excluding hydrogens is 280 g/mol. The largest absolute Gasteiger partial charge is 0.399 e. The fourth-order valence-corrected chi connectivity index (χ4v) is 3.13. The van der Waals surface area contributed by atoms with Crippen LogP contribution in [0, 0.1) is 0 Å². The maximum absolute atomic E-state index is 6.40. The lowest BCUT2D eigenvalue weighted by Gasteiger charge is -2.19. The highest BCUT2D eigenvalue weighted by Crippen LogP contribution is 2.32. The van der Waals surface area contributed by atoms with E-state index in [2.05, 4.69) is 58.9 Å². The minimum Gasteiger partial charge on any atom is -0.399 e. The average molecular weight is 310 g/mol. The highest BCUT2D eigenvalue weighted by molar-refractivity contribution is 5.59. The monoisotopic (exact) mass is 310 g/mol. The van der Waals surface area contributed by atoms with E-state index in [1.807, 2.05) is 6.07 Å². The molecule has 2 heteroatoms. The summed E-state index contributed by atoms with van der Waals surface area (Å²) in [4.78, 5) is 0. The minimum absolute atomic E-state index is 0.435. The summed E-state index contributed by atoms with van der Waals surface area (Å²) < 4.78 is 0. The normalized spacial score (nSPS) is 11.4. The first-order valence-corrected chi connectivity index (χ1v) is 8.62. The van der Waals surface area contributed by atoms with Crippen LogP contribution >= 0.6 is 0 Å². The predicted molar refractivity (Wildman–Crippen MR) is 102 cm³/mol. The number of rotatable bonds is 5. The quantitative estimate of drug-likeness (QED) is 0.741. The van der Waals surface area contributed by atoms with Gasteiger partial charge in [-0.15, -0.1) is 0 Å². The molecule has 0 aromatic heterocycles. The number of anilines is 2. The zero-order valence-corrected chi connectivity index (χ0v) is 15.1. The molecule has 0 heterocycles. The third kappa shape index (κ3) is 3.87. The van der Waals surface area contributed by atoms with Gasteiger partial charge in [-0.25, -0.2) is 0 Å². The molecule has 0 radical (unpaired) electrons. The molecule has 23 heavy (non-hydrogen) atoms. The fourth-order valence-electron chi connectivity index (χ4n) is 3.13. The Labute approximate surface area is 140 Å². The zero-order valence-electron chi connectivity index (χ0n) is 15.1. The Balaban J connectivity index is 2.43. The standard InChI is InChI=1S/C21H30N2/c1-6-17-10-15(7-8-20(17)22)9-16-11-18(13(2)3)21(23)19(12-16)14(4)5/h7-8,10-14H,6,9,22-23H2,1-5H3. The van der Waals surface area contributed by atoms with E-state index in [1.54, 1.807) is 0 Å². The van der Waals surface area contributed by atoms with Gasteiger partial charge in [0.15, 0.2) is 0 Å². The molecule has 0 fully saturated rings. The van der Waals surface area contributed by atoms with Crippen LogP contribution < -0.4 is 11.5 Å². The summed E-state index contributed by atoms with van der Waals surface area (Å²) in [5, 5.41) is 0.